The first kappa shape index (κ1) is 17.2. The number of hydrogen-bond acceptors (Lipinski definition) is 7. The molecule has 1 atom stereocenters. The molecular weight excluding hydrogens is 303 g/mol. The zero-order chi connectivity index (χ0) is 13.0. The molecule has 0 spiro atoms. The Kier molecular flexibility index (Phi) is 7.09. The first-order chi connectivity index (χ1) is 8.54. The Morgan fingerprint density at radius 3 is 2.89 bits per heavy atom. The van der Waals surface area contributed by atoms with E-state index in [1.54, 1.807) is 0 Å². The van der Waals surface area contributed by atoms with E-state index in [1.165, 1.54) is 11.3 Å². The van der Waals surface area contributed by atoms with E-state index in [-0.39, 0.29) is 48.7 Å². The Balaban J connectivity index is 0.00000180. The maximum absolute atomic E-state index is 10.3. The molecule has 0 aromatic carbocycles. The van der Waals surface area contributed by atoms with Gasteiger partial charge in [-0.05, 0) is 6.42 Å². The molecule has 1 aromatic rings. The third-order valence-corrected chi connectivity index (χ3v) is 3.79. The monoisotopic (exact) mass is 316 g/mol. The van der Waals surface area contributed by atoms with Gasteiger partial charge in [-0.3, -0.25) is 0 Å². The summed E-state index contributed by atoms with van der Waals surface area (Å²) in [6.45, 7) is 0.940. The van der Waals surface area contributed by atoms with Gasteiger partial charge < -0.3 is 18.8 Å². The quantitative estimate of drug-likeness (QED) is 0.338. The zero-order valence-corrected chi connectivity index (χ0v) is 14.2. The van der Waals surface area contributed by atoms with Crippen molar-refractivity contribution in [3.05, 3.63) is 10.8 Å². The van der Waals surface area contributed by atoms with Crippen LogP contribution in [0.15, 0.2) is 10.8 Å². The minimum atomic E-state index is -4.15. The summed E-state index contributed by atoms with van der Waals surface area (Å²) in [7, 11) is -4.15. The summed E-state index contributed by atoms with van der Waals surface area (Å²) in [4.78, 5) is 0. The summed E-state index contributed by atoms with van der Waals surface area (Å²) in [5, 5.41) is 3.72. The number of fused-ring (bicyclic) bond motifs is 1. The van der Waals surface area contributed by atoms with Gasteiger partial charge in [0, 0.05) is 23.1 Å². The van der Waals surface area contributed by atoms with Crippen LogP contribution in [0.3, 0.4) is 0 Å². The largest absolute Gasteiger partial charge is 1.00 e. The third kappa shape index (κ3) is 5.99. The van der Waals surface area contributed by atoms with E-state index in [2.05, 4.69) is 0 Å². The minimum absolute atomic E-state index is 0. The second-order valence-electron chi connectivity index (χ2n) is 3.84. The van der Waals surface area contributed by atoms with Gasteiger partial charge in [0.1, 0.15) is 6.61 Å². The second kappa shape index (κ2) is 7.82. The Morgan fingerprint density at radius 1 is 1.42 bits per heavy atom. The summed E-state index contributed by atoms with van der Waals surface area (Å²) in [6, 6.07) is 0. The van der Waals surface area contributed by atoms with Gasteiger partial charge in [0.05, 0.1) is 16.7 Å². The van der Waals surface area contributed by atoms with Crippen molar-refractivity contribution in [1.82, 2.24) is 0 Å². The molecule has 0 aliphatic carbocycles. The predicted octanol–water partition coefficient (Wildman–Crippen LogP) is -2.16. The smallest absolute Gasteiger partial charge is 0.748 e. The van der Waals surface area contributed by atoms with Gasteiger partial charge in [0.15, 0.2) is 17.6 Å². The number of ether oxygens (including phenoxy) is 3. The van der Waals surface area contributed by atoms with Crippen molar-refractivity contribution in [3.8, 4) is 11.5 Å². The van der Waals surface area contributed by atoms with Crippen LogP contribution < -0.4 is 39.0 Å². The fraction of sp³-hybridized carbons (Fsp3) is 0.600. The third-order valence-electron chi connectivity index (χ3n) is 2.30. The number of rotatable bonds is 6. The van der Waals surface area contributed by atoms with E-state index in [1.807, 2.05) is 10.8 Å². The van der Waals surface area contributed by atoms with E-state index in [0.717, 1.165) is 5.75 Å². The van der Waals surface area contributed by atoms with E-state index in [4.69, 9.17) is 14.2 Å². The van der Waals surface area contributed by atoms with Gasteiger partial charge in [0.25, 0.3) is 0 Å². The van der Waals surface area contributed by atoms with Gasteiger partial charge in [-0.1, -0.05) is 0 Å². The fourth-order valence-corrected chi connectivity index (χ4v) is 2.64. The Morgan fingerprint density at radius 2 is 2.16 bits per heavy atom. The molecule has 1 aliphatic rings. The van der Waals surface area contributed by atoms with Gasteiger partial charge >= 0.3 is 29.6 Å². The molecule has 0 amide bonds. The van der Waals surface area contributed by atoms with Crippen LogP contribution in [0.4, 0.5) is 0 Å². The van der Waals surface area contributed by atoms with Crippen LogP contribution in [0.5, 0.6) is 11.5 Å². The fourth-order valence-electron chi connectivity index (χ4n) is 1.50. The maximum Gasteiger partial charge on any atom is 1.00 e. The number of thiophene rings is 1. The van der Waals surface area contributed by atoms with E-state index in [0.29, 0.717) is 19.0 Å². The molecular formula is C10H13NaO6S2. The maximum atomic E-state index is 10.3. The molecule has 19 heavy (non-hydrogen) atoms. The zero-order valence-electron chi connectivity index (χ0n) is 10.5. The van der Waals surface area contributed by atoms with Crippen LogP contribution in [0, 0.1) is 0 Å². The van der Waals surface area contributed by atoms with Gasteiger partial charge in [0.2, 0.25) is 0 Å². The molecule has 1 unspecified atom stereocenters. The van der Waals surface area contributed by atoms with Crippen molar-refractivity contribution in [2.24, 2.45) is 0 Å². The first-order valence-corrected chi connectivity index (χ1v) is 7.93. The van der Waals surface area contributed by atoms with Crippen molar-refractivity contribution >= 4 is 21.5 Å². The van der Waals surface area contributed by atoms with E-state index < -0.39 is 15.9 Å². The number of hydrogen-bond donors (Lipinski definition) is 0. The van der Waals surface area contributed by atoms with Crippen LogP contribution in [-0.2, 0) is 14.9 Å². The molecule has 0 radical (unpaired) electrons. The molecule has 102 valence electrons. The SMILES string of the molecule is O=S(=O)([O-])CCCOCC1COc2cscc2O1.[Na+]. The molecule has 1 aromatic heterocycles. The summed E-state index contributed by atoms with van der Waals surface area (Å²) in [6.07, 6.45) is -0.000655. The average molecular weight is 316 g/mol. The summed E-state index contributed by atoms with van der Waals surface area (Å²) < 4.78 is 47.3. The van der Waals surface area contributed by atoms with Crippen LogP contribution in [0.2, 0.25) is 0 Å². The molecule has 0 saturated heterocycles. The van der Waals surface area contributed by atoms with E-state index >= 15 is 0 Å². The van der Waals surface area contributed by atoms with Gasteiger partial charge in [-0.2, -0.15) is 0 Å². The van der Waals surface area contributed by atoms with Crippen molar-refractivity contribution in [1.29, 1.82) is 0 Å². The van der Waals surface area contributed by atoms with Crippen molar-refractivity contribution in [3.63, 3.8) is 0 Å². The van der Waals surface area contributed by atoms with E-state index in [9.17, 15) is 13.0 Å². The molecule has 9 heteroatoms. The summed E-state index contributed by atoms with van der Waals surface area (Å²) >= 11 is 1.50. The molecule has 1 aliphatic heterocycles. The summed E-state index contributed by atoms with van der Waals surface area (Å²) in [5.41, 5.74) is 0. The van der Waals surface area contributed by atoms with Crippen LogP contribution >= 0.6 is 11.3 Å². The molecule has 0 saturated carbocycles. The van der Waals surface area contributed by atoms with Gasteiger partial charge in [-0.25, -0.2) is 8.42 Å². The van der Waals surface area contributed by atoms with Crippen molar-refractivity contribution in [2.75, 3.05) is 25.6 Å². The normalized spacial score (nSPS) is 17.8. The molecule has 2 rings (SSSR count). The second-order valence-corrected chi connectivity index (χ2v) is 6.11. The Labute approximate surface area is 138 Å². The molecule has 0 N–H and O–H groups in total. The molecule has 2 heterocycles. The minimum Gasteiger partial charge on any atom is -0.748 e. The Bertz CT molecular complexity index is 486. The van der Waals surface area contributed by atoms with Crippen LogP contribution in [0.1, 0.15) is 6.42 Å². The molecule has 6 nitrogen and oxygen atoms in total. The van der Waals surface area contributed by atoms with Crippen LogP contribution in [0.25, 0.3) is 0 Å². The van der Waals surface area contributed by atoms with Crippen LogP contribution in [-0.4, -0.2) is 44.6 Å². The van der Waals surface area contributed by atoms with Gasteiger partial charge in [-0.15, -0.1) is 11.3 Å². The Hall–Kier alpha value is 0.170. The predicted molar refractivity (Wildman–Crippen MR) is 64.2 cm³/mol. The van der Waals surface area contributed by atoms with Crippen molar-refractivity contribution in [2.45, 2.75) is 12.5 Å². The summed E-state index contributed by atoms with van der Waals surface area (Å²) in [5.74, 6) is 1.06. The first-order valence-electron chi connectivity index (χ1n) is 5.41. The van der Waals surface area contributed by atoms with Crippen molar-refractivity contribution < 1.29 is 56.7 Å². The average Bonchev–Trinajstić information content (AvgIpc) is 2.74. The standard InChI is InChI=1S/C10H14O6S2.Na/c11-18(12,13)3-1-2-14-4-8-5-15-9-6-17-7-10(9)16-8;/h6-8H,1-5H2,(H,11,12,13);/q;+1/p-1. The molecule has 0 fully saturated rings. The topological polar surface area (TPSA) is 84.9 Å². The molecule has 0 bridgehead atoms.